The molecule has 3 N–H and O–H groups in total. The molecule has 0 aliphatic carbocycles. The van der Waals surface area contributed by atoms with Crippen LogP contribution in [-0.2, 0) is 14.3 Å². The van der Waals surface area contributed by atoms with Gasteiger partial charge in [0.1, 0.15) is 17.2 Å². The Hall–Kier alpha value is -2.83. The average Bonchev–Trinajstić information content (AvgIpc) is 2.91. The Morgan fingerprint density at radius 1 is 1.17 bits per heavy atom. The van der Waals surface area contributed by atoms with E-state index in [9.17, 15) is 9.59 Å². The van der Waals surface area contributed by atoms with Crippen LogP contribution in [0.5, 0.6) is 0 Å². The lowest BCUT2D eigenvalue weighted by atomic mass is 10.1. The van der Waals surface area contributed by atoms with Crippen molar-refractivity contribution in [3.63, 3.8) is 0 Å². The number of nitrogens with one attached hydrogen (secondary N) is 1. The van der Waals surface area contributed by atoms with E-state index in [1.54, 1.807) is 0 Å². The number of fused-ring (bicyclic) bond motifs is 1. The highest BCUT2D eigenvalue weighted by atomic mass is 16.5. The summed E-state index contributed by atoms with van der Waals surface area (Å²) in [4.78, 5) is 30.4. The van der Waals surface area contributed by atoms with Gasteiger partial charge in [-0.1, -0.05) is 18.2 Å². The van der Waals surface area contributed by atoms with Crippen LogP contribution in [-0.4, -0.2) is 37.0 Å². The van der Waals surface area contributed by atoms with Gasteiger partial charge in [-0.05, 0) is 12.5 Å². The van der Waals surface area contributed by atoms with Crippen molar-refractivity contribution in [3.8, 4) is 0 Å². The maximum atomic E-state index is 12.0. The standard InChI is InChI=1S/C16H19N3O4/c1-22-13(20)9-5-8-12(17)19-15-14(16(21)23-2)10-6-3-4-7-11(10)18-15/h3-4,6-7,18H,5,8-9H2,1-2H3,(H2,17,19). The molecule has 0 aliphatic rings. The van der Waals surface area contributed by atoms with Crippen molar-refractivity contribution in [2.45, 2.75) is 19.3 Å². The number of amidine groups is 1. The fraction of sp³-hybridized carbons (Fsp3) is 0.312. The highest BCUT2D eigenvalue weighted by Gasteiger charge is 2.18. The zero-order chi connectivity index (χ0) is 16.8. The molecule has 2 aromatic rings. The number of carbonyl (C=O) groups excluding carboxylic acids is 2. The maximum Gasteiger partial charge on any atom is 0.342 e. The van der Waals surface area contributed by atoms with E-state index in [-0.39, 0.29) is 12.4 Å². The second kappa shape index (κ2) is 7.44. The third kappa shape index (κ3) is 3.88. The number of rotatable bonds is 6. The number of nitrogens with two attached hydrogens (primary N) is 1. The minimum absolute atomic E-state index is 0.267. The lowest BCUT2D eigenvalue weighted by molar-refractivity contribution is -0.140. The highest BCUT2D eigenvalue weighted by Crippen LogP contribution is 2.29. The van der Waals surface area contributed by atoms with Crippen molar-refractivity contribution in [1.82, 2.24) is 4.98 Å². The predicted octanol–water partition coefficient (Wildman–Crippen LogP) is 2.29. The van der Waals surface area contributed by atoms with Gasteiger partial charge < -0.3 is 20.2 Å². The monoisotopic (exact) mass is 317 g/mol. The van der Waals surface area contributed by atoms with Gasteiger partial charge in [0.05, 0.1) is 14.2 Å². The second-order valence-electron chi connectivity index (χ2n) is 4.92. The topological polar surface area (TPSA) is 107 Å². The average molecular weight is 317 g/mol. The SMILES string of the molecule is COC(=O)CCC/C(N)=N/c1[nH]c2ccccc2c1C(=O)OC. The van der Waals surface area contributed by atoms with Crippen LogP contribution in [0.25, 0.3) is 10.9 Å². The molecule has 0 amide bonds. The summed E-state index contributed by atoms with van der Waals surface area (Å²) in [6.07, 6.45) is 1.21. The van der Waals surface area contributed by atoms with Gasteiger partial charge >= 0.3 is 11.9 Å². The molecule has 0 unspecified atom stereocenters. The molecule has 0 saturated carbocycles. The molecule has 0 saturated heterocycles. The number of H-pyrrole nitrogens is 1. The Bertz CT molecular complexity index is 749. The minimum Gasteiger partial charge on any atom is -0.469 e. The molecule has 0 spiro atoms. The van der Waals surface area contributed by atoms with Crippen molar-refractivity contribution >= 4 is 34.5 Å². The maximum absolute atomic E-state index is 12.0. The van der Waals surface area contributed by atoms with Gasteiger partial charge in [0.15, 0.2) is 0 Å². The number of aromatic nitrogens is 1. The summed E-state index contributed by atoms with van der Waals surface area (Å²) in [6.45, 7) is 0. The molecule has 1 aromatic heterocycles. The third-order valence-electron chi connectivity index (χ3n) is 3.37. The molecule has 2 rings (SSSR count). The molecule has 7 nitrogen and oxygen atoms in total. The fourth-order valence-corrected chi connectivity index (χ4v) is 2.24. The fourth-order valence-electron chi connectivity index (χ4n) is 2.24. The Morgan fingerprint density at radius 3 is 2.61 bits per heavy atom. The lowest BCUT2D eigenvalue weighted by Crippen LogP contribution is -2.12. The largest absolute Gasteiger partial charge is 0.469 e. The Morgan fingerprint density at radius 2 is 1.91 bits per heavy atom. The summed E-state index contributed by atoms with van der Waals surface area (Å²) in [6, 6.07) is 7.34. The molecule has 0 fully saturated rings. The first-order valence-electron chi connectivity index (χ1n) is 7.15. The molecule has 23 heavy (non-hydrogen) atoms. The normalized spacial score (nSPS) is 11.5. The van der Waals surface area contributed by atoms with Crippen LogP contribution in [0.4, 0.5) is 5.82 Å². The number of carbonyl (C=O) groups is 2. The zero-order valence-electron chi connectivity index (χ0n) is 13.1. The van der Waals surface area contributed by atoms with E-state index in [2.05, 4.69) is 14.7 Å². The number of aliphatic imine (C=N–C) groups is 1. The van der Waals surface area contributed by atoms with Crippen molar-refractivity contribution in [2.75, 3.05) is 14.2 Å². The summed E-state index contributed by atoms with van der Waals surface area (Å²) < 4.78 is 9.39. The number of hydrogen-bond donors (Lipinski definition) is 2. The van der Waals surface area contributed by atoms with Crippen LogP contribution in [0.3, 0.4) is 0 Å². The first kappa shape index (κ1) is 16.5. The Labute approximate surface area is 133 Å². The number of hydrogen-bond acceptors (Lipinski definition) is 5. The highest BCUT2D eigenvalue weighted by molar-refractivity contribution is 6.09. The molecule has 0 aliphatic heterocycles. The van der Waals surface area contributed by atoms with Crippen molar-refractivity contribution in [2.24, 2.45) is 10.7 Å². The lowest BCUT2D eigenvalue weighted by Gasteiger charge is -2.02. The van der Waals surface area contributed by atoms with Crippen LogP contribution in [0.15, 0.2) is 29.3 Å². The van der Waals surface area contributed by atoms with E-state index in [0.29, 0.717) is 30.1 Å². The van der Waals surface area contributed by atoms with Gasteiger partial charge in [0.25, 0.3) is 0 Å². The van der Waals surface area contributed by atoms with Crippen LogP contribution >= 0.6 is 0 Å². The van der Waals surface area contributed by atoms with Gasteiger partial charge in [0, 0.05) is 23.7 Å². The Kier molecular flexibility index (Phi) is 5.35. The summed E-state index contributed by atoms with van der Waals surface area (Å²) in [5.74, 6) is -0.0959. The van der Waals surface area contributed by atoms with Crippen LogP contribution in [0.1, 0.15) is 29.6 Å². The van der Waals surface area contributed by atoms with Crippen molar-refractivity contribution < 1.29 is 19.1 Å². The molecular weight excluding hydrogens is 298 g/mol. The molecule has 7 heteroatoms. The first-order valence-corrected chi connectivity index (χ1v) is 7.15. The van der Waals surface area contributed by atoms with Crippen LogP contribution in [0, 0.1) is 0 Å². The second-order valence-corrected chi connectivity index (χ2v) is 4.92. The molecular formula is C16H19N3O4. The quantitative estimate of drug-likeness (QED) is 0.483. The van der Waals surface area contributed by atoms with Gasteiger partial charge in [-0.15, -0.1) is 0 Å². The predicted molar refractivity (Wildman–Crippen MR) is 86.8 cm³/mol. The van der Waals surface area contributed by atoms with Gasteiger partial charge in [-0.3, -0.25) is 4.79 Å². The van der Waals surface area contributed by atoms with Gasteiger partial charge in [-0.25, -0.2) is 9.79 Å². The number of ether oxygens (including phenoxy) is 2. The summed E-state index contributed by atoms with van der Waals surface area (Å²) >= 11 is 0. The zero-order valence-corrected chi connectivity index (χ0v) is 13.1. The number of aromatic amines is 1. The summed E-state index contributed by atoms with van der Waals surface area (Å²) in [5.41, 5.74) is 7.01. The van der Waals surface area contributed by atoms with E-state index < -0.39 is 5.97 Å². The van der Waals surface area contributed by atoms with Gasteiger partial charge in [-0.2, -0.15) is 0 Å². The van der Waals surface area contributed by atoms with Crippen molar-refractivity contribution in [3.05, 3.63) is 29.8 Å². The van der Waals surface area contributed by atoms with E-state index in [1.807, 2.05) is 24.3 Å². The van der Waals surface area contributed by atoms with Gasteiger partial charge in [0.2, 0.25) is 0 Å². The summed E-state index contributed by atoms with van der Waals surface area (Å²) in [7, 11) is 2.66. The molecule has 1 heterocycles. The molecule has 122 valence electrons. The summed E-state index contributed by atoms with van der Waals surface area (Å²) in [5, 5.41) is 0.723. The number of benzene rings is 1. The smallest absolute Gasteiger partial charge is 0.342 e. The third-order valence-corrected chi connectivity index (χ3v) is 3.37. The number of para-hydroxylation sites is 1. The minimum atomic E-state index is -0.483. The Balaban J connectivity index is 2.26. The molecule has 0 radical (unpaired) electrons. The van der Waals surface area contributed by atoms with E-state index in [1.165, 1.54) is 14.2 Å². The number of methoxy groups -OCH3 is 2. The van der Waals surface area contributed by atoms with E-state index in [4.69, 9.17) is 10.5 Å². The van der Waals surface area contributed by atoms with Crippen molar-refractivity contribution in [1.29, 1.82) is 0 Å². The molecule has 1 aromatic carbocycles. The molecule has 0 atom stereocenters. The van der Waals surface area contributed by atoms with Crippen LogP contribution in [0.2, 0.25) is 0 Å². The van der Waals surface area contributed by atoms with E-state index >= 15 is 0 Å². The first-order chi connectivity index (χ1) is 11.1. The number of nitrogens with zero attached hydrogens (tertiary/aromatic N) is 1. The molecule has 0 bridgehead atoms. The number of esters is 2. The van der Waals surface area contributed by atoms with E-state index in [0.717, 1.165) is 10.9 Å². The van der Waals surface area contributed by atoms with Crippen LogP contribution < -0.4 is 5.73 Å².